The van der Waals surface area contributed by atoms with Gasteiger partial charge in [-0.05, 0) is 80.8 Å². The highest BCUT2D eigenvalue weighted by Crippen LogP contribution is 2.26. The van der Waals surface area contributed by atoms with Gasteiger partial charge in [0.15, 0.2) is 0 Å². The minimum atomic E-state index is -4.21. The summed E-state index contributed by atoms with van der Waals surface area (Å²) in [5, 5.41) is 3.51. The van der Waals surface area contributed by atoms with Crippen LogP contribution < -0.4 is 9.62 Å². The number of rotatable bonds is 10. The van der Waals surface area contributed by atoms with Crippen molar-refractivity contribution in [2.75, 3.05) is 10.8 Å². The number of nitrogens with zero attached hydrogens (tertiary/aromatic N) is 2. The molecule has 0 spiro atoms. The fraction of sp³-hybridized carbons (Fsp3) is 0.333. The van der Waals surface area contributed by atoms with Crippen LogP contribution >= 0.6 is 11.6 Å². The fourth-order valence-electron chi connectivity index (χ4n) is 4.78. The van der Waals surface area contributed by atoms with Crippen LogP contribution in [0.25, 0.3) is 0 Å². The quantitative estimate of drug-likeness (QED) is 0.342. The molecular formula is C30H33ClFN3O4S. The molecule has 0 aliphatic heterocycles. The van der Waals surface area contributed by atoms with Gasteiger partial charge in [0.05, 0.1) is 10.6 Å². The molecule has 0 bridgehead atoms. The van der Waals surface area contributed by atoms with Crippen molar-refractivity contribution in [3.63, 3.8) is 0 Å². The summed E-state index contributed by atoms with van der Waals surface area (Å²) in [4.78, 5) is 28.5. The highest BCUT2D eigenvalue weighted by atomic mass is 35.5. The van der Waals surface area contributed by atoms with Gasteiger partial charge in [-0.15, -0.1) is 0 Å². The summed E-state index contributed by atoms with van der Waals surface area (Å²) in [6, 6.07) is 17.3. The Bertz CT molecular complexity index is 1440. The maximum absolute atomic E-state index is 13.9. The highest BCUT2D eigenvalue weighted by molar-refractivity contribution is 7.92. The third-order valence-corrected chi connectivity index (χ3v) is 9.14. The van der Waals surface area contributed by atoms with Crippen LogP contribution in [0.15, 0.2) is 77.7 Å². The Morgan fingerprint density at radius 2 is 1.68 bits per heavy atom. The number of halogens is 2. The molecule has 40 heavy (non-hydrogen) atoms. The zero-order valence-electron chi connectivity index (χ0n) is 22.5. The summed E-state index contributed by atoms with van der Waals surface area (Å²) in [5.41, 5.74) is 1.69. The fourth-order valence-corrected chi connectivity index (χ4v) is 6.41. The first kappa shape index (κ1) is 29.6. The molecular weight excluding hydrogens is 553 g/mol. The molecule has 1 aliphatic carbocycles. The topological polar surface area (TPSA) is 86.8 Å². The van der Waals surface area contributed by atoms with Gasteiger partial charge in [-0.1, -0.05) is 54.3 Å². The molecule has 1 aliphatic rings. The first-order valence-electron chi connectivity index (χ1n) is 13.2. The van der Waals surface area contributed by atoms with Gasteiger partial charge in [-0.2, -0.15) is 0 Å². The second-order valence-corrected chi connectivity index (χ2v) is 12.4. The van der Waals surface area contributed by atoms with Gasteiger partial charge in [-0.25, -0.2) is 12.8 Å². The lowest BCUT2D eigenvalue weighted by Gasteiger charge is -2.32. The lowest BCUT2D eigenvalue weighted by atomic mass is 10.1. The summed E-state index contributed by atoms with van der Waals surface area (Å²) in [7, 11) is -4.21. The normalized spacial score (nSPS) is 14.5. The van der Waals surface area contributed by atoms with E-state index in [9.17, 15) is 22.4 Å². The molecule has 0 radical (unpaired) electrons. The Labute approximate surface area is 240 Å². The number of aryl methyl sites for hydroxylation is 1. The molecule has 1 saturated carbocycles. The van der Waals surface area contributed by atoms with Crippen molar-refractivity contribution in [2.45, 2.75) is 63.1 Å². The van der Waals surface area contributed by atoms with Crippen LogP contribution in [0.4, 0.5) is 10.1 Å². The number of hydrogen-bond acceptors (Lipinski definition) is 4. The molecule has 1 fully saturated rings. The molecule has 7 nitrogen and oxygen atoms in total. The molecule has 10 heteroatoms. The van der Waals surface area contributed by atoms with E-state index < -0.39 is 34.3 Å². The van der Waals surface area contributed by atoms with Crippen molar-refractivity contribution in [2.24, 2.45) is 0 Å². The average Bonchev–Trinajstić information content (AvgIpc) is 3.44. The van der Waals surface area contributed by atoms with Gasteiger partial charge >= 0.3 is 0 Å². The van der Waals surface area contributed by atoms with E-state index in [0.717, 1.165) is 47.7 Å². The number of carbonyl (C=O) groups excluding carboxylic acids is 2. The van der Waals surface area contributed by atoms with E-state index in [0.29, 0.717) is 10.6 Å². The minimum absolute atomic E-state index is 0.0105. The van der Waals surface area contributed by atoms with Crippen LogP contribution in [0.3, 0.4) is 0 Å². The number of amides is 2. The van der Waals surface area contributed by atoms with Gasteiger partial charge in [0.1, 0.15) is 18.4 Å². The van der Waals surface area contributed by atoms with Crippen molar-refractivity contribution in [3.05, 3.63) is 94.8 Å². The van der Waals surface area contributed by atoms with Crippen LogP contribution in [0.1, 0.15) is 43.7 Å². The number of sulfonamides is 1. The van der Waals surface area contributed by atoms with E-state index in [2.05, 4.69) is 5.32 Å². The van der Waals surface area contributed by atoms with Gasteiger partial charge < -0.3 is 10.2 Å². The van der Waals surface area contributed by atoms with E-state index in [4.69, 9.17) is 11.6 Å². The Morgan fingerprint density at radius 3 is 2.30 bits per heavy atom. The monoisotopic (exact) mass is 585 g/mol. The summed E-state index contributed by atoms with van der Waals surface area (Å²) < 4.78 is 42.3. The van der Waals surface area contributed by atoms with Gasteiger partial charge in [0.25, 0.3) is 10.0 Å². The van der Waals surface area contributed by atoms with Crippen molar-refractivity contribution in [3.8, 4) is 0 Å². The van der Waals surface area contributed by atoms with Crippen LogP contribution in [0.2, 0.25) is 5.02 Å². The molecule has 0 saturated heterocycles. The Morgan fingerprint density at radius 1 is 1.02 bits per heavy atom. The first-order valence-corrected chi connectivity index (χ1v) is 15.1. The lowest BCUT2D eigenvalue weighted by molar-refractivity contribution is -0.139. The molecule has 0 aromatic heterocycles. The molecule has 2 amide bonds. The van der Waals surface area contributed by atoms with Gasteiger partial charge in [0, 0.05) is 17.6 Å². The number of nitrogens with one attached hydrogen (secondary N) is 1. The average molecular weight is 586 g/mol. The molecule has 3 aromatic carbocycles. The molecule has 1 N–H and O–H groups in total. The van der Waals surface area contributed by atoms with Crippen LogP contribution in [-0.2, 0) is 26.2 Å². The van der Waals surface area contributed by atoms with Crippen molar-refractivity contribution >= 4 is 39.1 Å². The molecule has 212 valence electrons. The first-order chi connectivity index (χ1) is 19.0. The SMILES string of the molecule is Cc1ccc(S(=O)(=O)N(CC(=O)N(Cc2cccc(Cl)c2)[C@@H](C)C(=O)NC2CCCC2)c2ccc(F)cc2)cc1. The molecule has 0 unspecified atom stereocenters. The largest absolute Gasteiger partial charge is 0.352 e. The molecule has 3 aromatic rings. The van der Waals surface area contributed by atoms with E-state index in [1.54, 1.807) is 43.3 Å². The zero-order chi connectivity index (χ0) is 28.9. The van der Waals surface area contributed by atoms with Crippen molar-refractivity contribution in [1.29, 1.82) is 0 Å². The number of carbonyl (C=O) groups is 2. The number of anilines is 1. The second kappa shape index (κ2) is 12.8. The Balaban J connectivity index is 1.68. The van der Waals surface area contributed by atoms with E-state index in [-0.39, 0.29) is 29.1 Å². The summed E-state index contributed by atoms with van der Waals surface area (Å²) in [6.07, 6.45) is 3.84. The third-order valence-electron chi connectivity index (χ3n) is 7.11. The van der Waals surface area contributed by atoms with Gasteiger partial charge in [0.2, 0.25) is 11.8 Å². The van der Waals surface area contributed by atoms with Crippen LogP contribution in [0, 0.1) is 12.7 Å². The summed E-state index contributed by atoms with van der Waals surface area (Å²) in [6.45, 7) is 2.91. The predicted molar refractivity (Wildman–Crippen MR) is 154 cm³/mol. The standard InChI is InChI=1S/C30H33ClFN3O4S/c1-21-10-16-28(17-11-21)40(38,39)35(27-14-12-25(32)13-15-27)20-29(36)34(19-23-6-5-7-24(31)18-23)22(2)30(37)33-26-8-3-4-9-26/h5-7,10-18,22,26H,3-4,8-9,19-20H2,1-2H3,(H,33,37)/t22-/m0/s1. The number of benzene rings is 3. The second-order valence-electron chi connectivity index (χ2n) is 10.1. The van der Waals surface area contributed by atoms with Crippen LogP contribution in [-0.4, -0.2) is 43.8 Å². The van der Waals surface area contributed by atoms with E-state index >= 15 is 0 Å². The smallest absolute Gasteiger partial charge is 0.264 e. The molecule has 0 heterocycles. The summed E-state index contributed by atoms with van der Waals surface area (Å²) >= 11 is 6.18. The lowest BCUT2D eigenvalue weighted by Crippen LogP contribution is -2.52. The number of hydrogen-bond donors (Lipinski definition) is 1. The van der Waals surface area contributed by atoms with E-state index in [1.165, 1.54) is 29.2 Å². The highest BCUT2D eigenvalue weighted by Gasteiger charge is 2.33. The minimum Gasteiger partial charge on any atom is -0.352 e. The molecule has 1 atom stereocenters. The zero-order valence-corrected chi connectivity index (χ0v) is 24.1. The van der Waals surface area contributed by atoms with Crippen molar-refractivity contribution < 1.29 is 22.4 Å². The molecule has 4 rings (SSSR count). The third kappa shape index (κ3) is 7.20. The Kier molecular flexibility index (Phi) is 9.48. The summed E-state index contributed by atoms with van der Waals surface area (Å²) in [5.74, 6) is -1.44. The van der Waals surface area contributed by atoms with Crippen LogP contribution in [0.5, 0.6) is 0 Å². The Hall–Kier alpha value is -3.43. The van der Waals surface area contributed by atoms with Crippen molar-refractivity contribution in [1.82, 2.24) is 10.2 Å². The van der Waals surface area contributed by atoms with E-state index in [1.807, 2.05) is 6.92 Å². The predicted octanol–water partition coefficient (Wildman–Crippen LogP) is 5.46. The maximum Gasteiger partial charge on any atom is 0.264 e. The maximum atomic E-state index is 13.9. The van der Waals surface area contributed by atoms with Gasteiger partial charge in [-0.3, -0.25) is 13.9 Å².